The van der Waals surface area contributed by atoms with Crippen molar-refractivity contribution in [1.29, 1.82) is 0 Å². The molecule has 0 aliphatic heterocycles. The molecule has 0 radical (unpaired) electrons. The Hall–Kier alpha value is -2.73. The fraction of sp³-hybridized carbons (Fsp3) is 0.238. The maximum atomic E-state index is 12.4. The number of fused-ring (bicyclic) bond motifs is 1. The molecule has 0 bridgehead atoms. The molecule has 0 aliphatic carbocycles. The molecule has 1 unspecified atom stereocenters. The number of Topliss-reactive ketones (excluding diaryl/α,β-unsaturated/α-hetero) is 1. The van der Waals surface area contributed by atoms with Crippen LogP contribution < -0.4 is 0 Å². The fourth-order valence-corrected chi connectivity index (χ4v) is 3.19. The Bertz CT molecular complexity index is 957. The van der Waals surface area contributed by atoms with E-state index in [1.165, 1.54) is 11.8 Å². The van der Waals surface area contributed by atoms with Crippen LogP contribution in [0, 0.1) is 0 Å². The van der Waals surface area contributed by atoms with Crippen molar-refractivity contribution in [3.05, 3.63) is 65.9 Å². The van der Waals surface area contributed by atoms with Crippen molar-refractivity contribution < 1.29 is 14.3 Å². The number of esters is 1. The number of para-hydroxylation sites is 2. The summed E-state index contributed by atoms with van der Waals surface area (Å²) in [4.78, 5) is 33.2. The van der Waals surface area contributed by atoms with Crippen LogP contribution >= 0.6 is 11.8 Å². The van der Waals surface area contributed by atoms with Gasteiger partial charge in [0.05, 0.1) is 23.0 Å². The van der Waals surface area contributed by atoms with E-state index in [2.05, 4.69) is 16.9 Å². The standard InChI is InChI=1S/C21H20N2O3S/c1-3-15-8-10-16(11-9-15)21(25)14(2)26-20(24)13-27-19-12-22-17-6-4-5-7-18(17)23-19/h4-12,14H,3,13H2,1-2H3. The van der Waals surface area contributed by atoms with Gasteiger partial charge in [-0.2, -0.15) is 0 Å². The summed E-state index contributed by atoms with van der Waals surface area (Å²) in [5.41, 5.74) is 3.28. The van der Waals surface area contributed by atoms with Gasteiger partial charge in [0.1, 0.15) is 5.03 Å². The number of aryl methyl sites for hydroxylation is 1. The number of carbonyl (C=O) groups is 2. The highest BCUT2D eigenvalue weighted by Gasteiger charge is 2.19. The van der Waals surface area contributed by atoms with Crippen molar-refractivity contribution in [2.24, 2.45) is 0 Å². The molecule has 0 saturated heterocycles. The number of ketones is 1. The summed E-state index contributed by atoms with van der Waals surface area (Å²) in [5.74, 6) is -0.596. The minimum Gasteiger partial charge on any atom is -0.454 e. The van der Waals surface area contributed by atoms with E-state index >= 15 is 0 Å². The molecule has 3 aromatic rings. The second-order valence-electron chi connectivity index (χ2n) is 6.03. The summed E-state index contributed by atoms with van der Waals surface area (Å²) in [6, 6.07) is 14.9. The second-order valence-corrected chi connectivity index (χ2v) is 7.03. The minimum absolute atomic E-state index is 0.0689. The van der Waals surface area contributed by atoms with E-state index in [1.807, 2.05) is 36.4 Å². The quantitative estimate of drug-likeness (QED) is 0.349. The molecule has 27 heavy (non-hydrogen) atoms. The SMILES string of the molecule is CCc1ccc(C(=O)C(C)OC(=O)CSc2cnc3ccccc3n2)cc1. The number of aromatic nitrogens is 2. The van der Waals surface area contributed by atoms with Crippen LogP contribution in [0.5, 0.6) is 0 Å². The molecule has 138 valence electrons. The summed E-state index contributed by atoms with van der Waals surface area (Å²) in [7, 11) is 0. The molecule has 0 aliphatic rings. The number of rotatable bonds is 7. The average Bonchev–Trinajstić information content (AvgIpc) is 2.71. The minimum atomic E-state index is -0.826. The summed E-state index contributed by atoms with van der Waals surface area (Å²) in [6.45, 7) is 3.65. The van der Waals surface area contributed by atoms with Crippen molar-refractivity contribution in [2.75, 3.05) is 5.75 Å². The van der Waals surface area contributed by atoms with Gasteiger partial charge in [0.15, 0.2) is 6.10 Å². The van der Waals surface area contributed by atoms with Gasteiger partial charge in [-0.25, -0.2) is 4.98 Å². The first-order valence-corrected chi connectivity index (χ1v) is 9.72. The lowest BCUT2D eigenvalue weighted by Gasteiger charge is -2.12. The van der Waals surface area contributed by atoms with Crippen LogP contribution in [0.1, 0.15) is 29.8 Å². The first-order valence-electron chi connectivity index (χ1n) is 8.74. The predicted octanol–water partition coefficient (Wildman–Crippen LogP) is 4.10. The number of hydrogen-bond acceptors (Lipinski definition) is 6. The van der Waals surface area contributed by atoms with E-state index in [9.17, 15) is 9.59 Å². The largest absolute Gasteiger partial charge is 0.454 e. The fourth-order valence-electron chi connectivity index (χ4n) is 2.57. The zero-order chi connectivity index (χ0) is 19.2. The highest BCUT2D eigenvalue weighted by atomic mass is 32.2. The first kappa shape index (κ1) is 19.0. The van der Waals surface area contributed by atoms with Gasteiger partial charge in [0.2, 0.25) is 5.78 Å². The van der Waals surface area contributed by atoms with Crippen LogP contribution in [0.4, 0.5) is 0 Å². The van der Waals surface area contributed by atoms with Gasteiger partial charge in [-0.15, -0.1) is 0 Å². The molecular weight excluding hydrogens is 360 g/mol. The van der Waals surface area contributed by atoms with Gasteiger partial charge < -0.3 is 4.74 Å². The number of carbonyl (C=O) groups excluding carboxylic acids is 2. The highest BCUT2D eigenvalue weighted by molar-refractivity contribution is 7.99. The maximum absolute atomic E-state index is 12.4. The molecule has 0 spiro atoms. The van der Waals surface area contributed by atoms with Crippen LogP contribution in [-0.4, -0.2) is 33.6 Å². The number of thioether (sulfide) groups is 1. The topological polar surface area (TPSA) is 69.2 Å². The lowest BCUT2D eigenvalue weighted by Crippen LogP contribution is -2.25. The van der Waals surface area contributed by atoms with E-state index in [1.54, 1.807) is 25.3 Å². The van der Waals surface area contributed by atoms with E-state index < -0.39 is 12.1 Å². The maximum Gasteiger partial charge on any atom is 0.317 e. The van der Waals surface area contributed by atoms with Gasteiger partial charge in [0.25, 0.3) is 0 Å². The zero-order valence-electron chi connectivity index (χ0n) is 15.2. The van der Waals surface area contributed by atoms with E-state index in [0.29, 0.717) is 10.6 Å². The Kier molecular flexibility index (Phi) is 6.19. The Balaban J connectivity index is 1.55. The van der Waals surface area contributed by atoms with Crippen molar-refractivity contribution in [3.8, 4) is 0 Å². The lowest BCUT2D eigenvalue weighted by molar-refractivity contribution is -0.143. The Morgan fingerprint density at radius 2 is 1.78 bits per heavy atom. The van der Waals surface area contributed by atoms with E-state index in [0.717, 1.165) is 23.0 Å². The molecule has 6 heteroatoms. The molecule has 0 fully saturated rings. The van der Waals surface area contributed by atoms with E-state index in [-0.39, 0.29) is 11.5 Å². The molecule has 0 saturated carbocycles. The number of hydrogen-bond donors (Lipinski definition) is 0. The van der Waals surface area contributed by atoms with Gasteiger partial charge in [-0.1, -0.05) is 55.1 Å². The molecule has 2 aromatic carbocycles. The molecule has 3 rings (SSSR count). The third-order valence-electron chi connectivity index (χ3n) is 4.09. The molecule has 1 atom stereocenters. The van der Waals surface area contributed by atoms with Crippen LogP contribution in [0.15, 0.2) is 59.8 Å². The summed E-state index contributed by atoms with van der Waals surface area (Å²) in [5, 5.41) is 0.639. The summed E-state index contributed by atoms with van der Waals surface area (Å²) >= 11 is 1.24. The lowest BCUT2D eigenvalue weighted by atomic mass is 10.0. The normalized spacial score (nSPS) is 11.9. The predicted molar refractivity (Wildman–Crippen MR) is 106 cm³/mol. The first-order chi connectivity index (χ1) is 13.1. The molecule has 1 heterocycles. The van der Waals surface area contributed by atoms with Gasteiger partial charge in [0, 0.05) is 5.56 Å². The Morgan fingerprint density at radius 3 is 2.48 bits per heavy atom. The van der Waals surface area contributed by atoms with Crippen molar-refractivity contribution in [3.63, 3.8) is 0 Å². The van der Waals surface area contributed by atoms with Crippen LogP contribution in [0.25, 0.3) is 11.0 Å². The van der Waals surface area contributed by atoms with Gasteiger partial charge >= 0.3 is 5.97 Å². The van der Waals surface area contributed by atoms with Crippen LogP contribution in [-0.2, 0) is 16.0 Å². The zero-order valence-corrected chi connectivity index (χ0v) is 16.0. The van der Waals surface area contributed by atoms with Crippen LogP contribution in [0.3, 0.4) is 0 Å². The van der Waals surface area contributed by atoms with Gasteiger partial charge in [-0.3, -0.25) is 14.6 Å². The number of benzene rings is 2. The van der Waals surface area contributed by atoms with Crippen molar-refractivity contribution in [1.82, 2.24) is 9.97 Å². The molecule has 5 nitrogen and oxygen atoms in total. The smallest absolute Gasteiger partial charge is 0.317 e. The van der Waals surface area contributed by atoms with Gasteiger partial charge in [-0.05, 0) is 31.0 Å². The monoisotopic (exact) mass is 380 g/mol. The molecule has 0 amide bonds. The van der Waals surface area contributed by atoms with Crippen molar-refractivity contribution >= 4 is 34.5 Å². The Labute approximate surface area is 162 Å². The molecule has 0 N–H and O–H groups in total. The average molecular weight is 380 g/mol. The Morgan fingerprint density at radius 1 is 1.07 bits per heavy atom. The highest BCUT2D eigenvalue weighted by Crippen LogP contribution is 2.18. The summed E-state index contributed by atoms with van der Waals surface area (Å²) in [6.07, 6.45) is 1.71. The number of ether oxygens (including phenoxy) is 1. The third kappa shape index (κ3) is 4.92. The van der Waals surface area contributed by atoms with Crippen molar-refractivity contribution in [2.45, 2.75) is 31.4 Å². The number of nitrogens with zero attached hydrogens (tertiary/aromatic N) is 2. The second kappa shape index (κ2) is 8.77. The molecule has 1 aromatic heterocycles. The van der Waals surface area contributed by atoms with Crippen LogP contribution in [0.2, 0.25) is 0 Å². The van der Waals surface area contributed by atoms with E-state index in [4.69, 9.17) is 4.74 Å². The third-order valence-corrected chi connectivity index (χ3v) is 4.96. The summed E-state index contributed by atoms with van der Waals surface area (Å²) < 4.78 is 5.27. The molecular formula is C21H20N2O3S.